The maximum Gasteiger partial charge on any atom is 0.405 e. The molecule has 3 N–H and O–H groups in total. The number of hydrogen-bond donors (Lipinski definition) is 2. The number of alkyl halides is 3. The summed E-state index contributed by atoms with van der Waals surface area (Å²) >= 11 is 5.91. The van der Waals surface area contributed by atoms with E-state index in [0.29, 0.717) is 0 Å². The molecule has 112 valence electrons. The fourth-order valence-corrected chi connectivity index (χ4v) is 1.55. The van der Waals surface area contributed by atoms with Crippen LogP contribution in [-0.2, 0) is 4.79 Å². The van der Waals surface area contributed by atoms with E-state index in [9.17, 15) is 18.0 Å². The number of carbonyl (C=O) groups is 1. The van der Waals surface area contributed by atoms with E-state index >= 15 is 0 Å². The SMILES string of the molecule is C[C@@H](N)c1ccc(OCC(=O)NCC(F)(F)F)c(Cl)c1. The first-order chi connectivity index (χ1) is 9.19. The van der Waals surface area contributed by atoms with Crippen LogP contribution < -0.4 is 15.8 Å². The Balaban J connectivity index is 2.51. The van der Waals surface area contributed by atoms with Crippen LogP contribution in [-0.4, -0.2) is 25.2 Å². The molecule has 1 rings (SSSR count). The average Bonchev–Trinajstić information content (AvgIpc) is 2.33. The first-order valence-electron chi connectivity index (χ1n) is 5.70. The van der Waals surface area contributed by atoms with Crippen molar-refractivity contribution in [3.8, 4) is 5.75 Å². The van der Waals surface area contributed by atoms with E-state index in [4.69, 9.17) is 22.1 Å². The molecule has 0 aliphatic rings. The molecule has 0 aromatic heterocycles. The summed E-state index contributed by atoms with van der Waals surface area (Å²) in [6.45, 7) is -0.170. The van der Waals surface area contributed by atoms with Crippen molar-refractivity contribution >= 4 is 17.5 Å². The lowest BCUT2D eigenvalue weighted by atomic mass is 10.1. The largest absolute Gasteiger partial charge is 0.482 e. The molecule has 4 nitrogen and oxygen atoms in total. The highest BCUT2D eigenvalue weighted by Crippen LogP contribution is 2.27. The molecule has 1 aromatic carbocycles. The van der Waals surface area contributed by atoms with Gasteiger partial charge in [0.05, 0.1) is 5.02 Å². The maximum atomic E-state index is 11.9. The molecule has 0 aliphatic heterocycles. The van der Waals surface area contributed by atoms with Crippen molar-refractivity contribution < 1.29 is 22.7 Å². The van der Waals surface area contributed by atoms with Crippen LogP contribution >= 0.6 is 11.6 Å². The third-order valence-electron chi connectivity index (χ3n) is 2.33. The fourth-order valence-electron chi connectivity index (χ4n) is 1.31. The maximum absolute atomic E-state index is 11.9. The van der Waals surface area contributed by atoms with Gasteiger partial charge in [0.25, 0.3) is 5.91 Å². The van der Waals surface area contributed by atoms with Gasteiger partial charge >= 0.3 is 6.18 Å². The predicted octanol–water partition coefficient (Wildman–Crippen LogP) is 2.42. The highest BCUT2D eigenvalue weighted by Gasteiger charge is 2.27. The Kier molecular flexibility index (Phi) is 5.64. The van der Waals surface area contributed by atoms with Gasteiger partial charge in [-0.05, 0) is 24.6 Å². The van der Waals surface area contributed by atoms with Crippen molar-refractivity contribution in [3.05, 3.63) is 28.8 Å². The molecular weight excluding hydrogens is 297 g/mol. The van der Waals surface area contributed by atoms with Gasteiger partial charge < -0.3 is 15.8 Å². The monoisotopic (exact) mass is 310 g/mol. The van der Waals surface area contributed by atoms with Crippen LogP contribution in [0.2, 0.25) is 5.02 Å². The van der Waals surface area contributed by atoms with Crippen LogP contribution in [0, 0.1) is 0 Å². The highest BCUT2D eigenvalue weighted by atomic mass is 35.5. The van der Waals surface area contributed by atoms with Crippen molar-refractivity contribution in [3.63, 3.8) is 0 Å². The topological polar surface area (TPSA) is 64.3 Å². The van der Waals surface area contributed by atoms with E-state index in [2.05, 4.69) is 0 Å². The zero-order valence-corrected chi connectivity index (χ0v) is 11.4. The van der Waals surface area contributed by atoms with Crippen LogP contribution in [0.3, 0.4) is 0 Å². The molecule has 0 saturated heterocycles. The van der Waals surface area contributed by atoms with E-state index < -0.39 is 25.2 Å². The summed E-state index contributed by atoms with van der Waals surface area (Å²) in [4.78, 5) is 11.2. The van der Waals surface area contributed by atoms with Gasteiger partial charge in [-0.25, -0.2) is 0 Å². The first kappa shape index (κ1) is 16.6. The number of carbonyl (C=O) groups excluding carboxylic acids is 1. The van der Waals surface area contributed by atoms with Crippen molar-refractivity contribution in [2.24, 2.45) is 5.73 Å². The normalized spacial score (nSPS) is 12.9. The molecule has 0 fully saturated rings. The lowest BCUT2D eigenvalue weighted by Crippen LogP contribution is -2.36. The highest BCUT2D eigenvalue weighted by molar-refractivity contribution is 6.32. The fraction of sp³-hybridized carbons (Fsp3) is 0.417. The lowest BCUT2D eigenvalue weighted by molar-refractivity contribution is -0.139. The van der Waals surface area contributed by atoms with Crippen LogP contribution in [0.4, 0.5) is 13.2 Å². The Morgan fingerprint density at radius 3 is 2.65 bits per heavy atom. The van der Waals surface area contributed by atoms with E-state index in [-0.39, 0.29) is 16.8 Å². The van der Waals surface area contributed by atoms with E-state index in [1.807, 2.05) is 0 Å². The van der Waals surface area contributed by atoms with E-state index in [0.717, 1.165) is 5.56 Å². The Bertz CT molecular complexity index is 478. The molecular formula is C12H14ClF3N2O2. The molecule has 0 unspecified atom stereocenters. The Morgan fingerprint density at radius 2 is 2.15 bits per heavy atom. The molecule has 1 atom stereocenters. The van der Waals surface area contributed by atoms with Crippen LogP contribution in [0.5, 0.6) is 5.75 Å². The number of benzene rings is 1. The molecule has 0 spiro atoms. The minimum Gasteiger partial charge on any atom is -0.482 e. The number of halogens is 4. The second-order valence-electron chi connectivity index (χ2n) is 4.16. The zero-order chi connectivity index (χ0) is 15.3. The Morgan fingerprint density at radius 1 is 1.50 bits per heavy atom. The molecule has 0 aliphatic carbocycles. The Labute approximate surface area is 119 Å². The van der Waals surface area contributed by atoms with Gasteiger partial charge in [0.2, 0.25) is 0 Å². The number of rotatable bonds is 5. The molecule has 0 radical (unpaired) electrons. The van der Waals surface area contributed by atoms with Crippen molar-refractivity contribution in [2.75, 3.05) is 13.2 Å². The van der Waals surface area contributed by atoms with Gasteiger partial charge in [0.15, 0.2) is 6.61 Å². The smallest absolute Gasteiger partial charge is 0.405 e. The standard InChI is InChI=1S/C12H14ClF3N2O2/c1-7(17)8-2-3-10(9(13)4-8)20-5-11(19)18-6-12(14,15)16/h2-4,7H,5-6,17H2,1H3,(H,18,19)/t7-/m1/s1. The number of nitrogens with one attached hydrogen (secondary N) is 1. The average molecular weight is 311 g/mol. The third kappa shape index (κ3) is 5.66. The lowest BCUT2D eigenvalue weighted by Gasteiger charge is -2.12. The van der Waals surface area contributed by atoms with E-state index in [1.54, 1.807) is 24.4 Å². The molecule has 20 heavy (non-hydrogen) atoms. The van der Waals surface area contributed by atoms with Crippen molar-refractivity contribution in [1.29, 1.82) is 0 Å². The predicted molar refractivity (Wildman–Crippen MR) is 68.6 cm³/mol. The van der Waals surface area contributed by atoms with Gasteiger partial charge in [-0.3, -0.25) is 4.79 Å². The number of ether oxygens (including phenoxy) is 1. The van der Waals surface area contributed by atoms with E-state index in [1.165, 1.54) is 6.07 Å². The van der Waals surface area contributed by atoms with Crippen molar-refractivity contribution in [1.82, 2.24) is 5.32 Å². The molecule has 0 heterocycles. The van der Waals surface area contributed by atoms with Gasteiger partial charge in [-0.1, -0.05) is 17.7 Å². The van der Waals surface area contributed by atoms with Crippen LogP contribution in [0.1, 0.15) is 18.5 Å². The Hall–Kier alpha value is -1.47. The minimum absolute atomic E-state index is 0.207. The molecule has 0 bridgehead atoms. The van der Waals surface area contributed by atoms with Gasteiger partial charge in [0.1, 0.15) is 12.3 Å². The summed E-state index contributed by atoms with van der Waals surface area (Å²) in [6, 6.07) is 4.55. The first-order valence-corrected chi connectivity index (χ1v) is 6.08. The minimum atomic E-state index is -4.45. The summed E-state index contributed by atoms with van der Waals surface area (Å²) in [7, 11) is 0. The summed E-state index contributed by atoms with van der Waals surface area (Å²) in [6.07, 6.45) is -4.45. The summed E-state index contributed by atoms with van der Waals surface area (Å²) in [5, 5.41) is 1.93. The van der Waals surface area contributed by atoms with Gasteiger partial charge in [0, 0.05) is 6.04 Å². The van der Waals surface area contributed by atoms with Crippen LogP contribution in [0.25, 0.3) is 0 Å². The zero-order valence-electron chi connectivity index (χ0n) is 10.6. The van der Waals surface area contributed by atoms with Crippen LogP contribution in [0.15, 0.2) is 18.2 Å². The molecule has 1 aromatic rings. The second-order valence-corrected chi connectivity index (χ2v) is 4.57. The van der Waals surface area contributed by atoms with Crippen molar-refractivity contribution in [2.45, 2.75) is 19.1 Å². The summed E-state index contributed by atoms with van der Waals surface area (Å²) in [5.41, 5.74) is 6.45. The third-order valence-corrected chi connectivity index (χ3v) is 2.62. The number of hydrogen-bond acceptors (Lipinski definition) is 3. The molecule has 1 amide bonds. The number of amides is 1. The molecule has 8 heteroatoms. The van der Waals surface area contributed by atoms with Gasteiger partial charge in [-0.2, -0.15) is 13.2 Å². The summed E-state index contributed by atoms with van der Waals surface area (Å²) in [5.74, 6) is -0.673. The van der Waals surface area contributed by atoms with Gasteiger partial charge in [-0.15, -0.1) is 0 Å². The second kappa shape index (κ2) is 6.81. The quantitative estimate of drug-likeness (QED) is 0.878. The molecule has 0 saturated carbocycles. The number of nitrogens with two attached hydrogens (primary N) is 1. The summed E-state index contributed by atoms with van der Waals surface area (Å²) < 4.78 is 40.7.